The van der Waals surface area contributed by atoms with Crippen LogP contribution in [-0.4, -0.2) is 20.6 Å². The van der Waals surface area contributed by atoms with Gasteiger partial charge in [0.15, 0.2) is 0 Å². The van der Waals surface area contributed by atoms with Crippen LogP contribution in [0.4, 0.5) is 5.69 Å². The van der Waals surface area contributed by atoms with Crippen molar-refractivity contribution in [2.45, 2.75) is 33.4 Å². The van der Waals surface area contributed by atoms with Crippen LogP contribution in [0.15, 0.2) is 54.6 Å². The molecule has 1 N–H and O–H groups in total. The first-order chi connectivity index (χ1) is 13.4. The van der Waals surface area contributed by atoms with Crippen LogP contribution >= 0.6 is 0 Å². The van der Waals surface area contributed by atoms with Crippen LogP contribution in [0.2, 0.25) is 0 Å². The maximum absolute atomic E-state index is 12.5. The Morgan fingerprint density at radius 1 is 1.14 bits per heavy atom. The third-order valence-corrected chi connectivity index (χ3v) is 4.72. The van der Waals surface area contributed by atoms with Gasteiger partial charge in [-0.25, -0.2) is 0 Å². The Balaban J connectivity index is 1.69. The molecule has 1 heterocycles. The minimum absolute atomic E-state index is 0.0471. The zero-order chi connectivity index (χ0) is 20.3. The van der Waals surface area contributed by atoms with Crippen LogP contribution in [0.3, 0.4) is 0 Å². The summed E-state index contributed by atoms with van der Waals surface area (Å²) >= 11 is 0. The first-order valence-electron chi connectivity index (χ1n) is 9.00. The van der Waals surface area contributed by atoms with Crippen molar-refractivity contribution < 1.29 is 9.72 Å². The fourth-order valence-electron chi connectivity index (χ4n) is 3.15. The number of aromatic nitrogens is 2. The van der Waals surface area contributed by atoms with Crippen molar-refractivity contribution in [2.75, 3.05) is 0 Å². The van der Waals surface area contributed by atoms with E-state index in [-0.39, 0.29) is 17.6 Å². The molecule has 0 fully saturated rings. The molecular weight excluding hydrogens is 356 g/mol. The van der Waals surface area contributed by atoms with Crippen molar-refractivity contribution in [3.8, 4) is 0 Å². The Hall–Kier alpha value is -3.48. The molecule has 3 aromatic rings. The first-order valence-corrected chi connectivity index (χ1v) is 9.00. The van der Waals surface area contributed by atoms with Gasteiger partial charge in [-0.15, -0.1) is 0 Å². The van der Waals surface area contributed by atoms with Crippen molar-refractivity contribution in [3.05, 3.63) is 92.8 Å². The minimum atomic E-state index is -0.407. The third-order valence-electron chi connectivity index (χ3n) is 4.72. The quantitative estimate of drug-likeness (QED) is 0.519. The van der Waals surface area contributed by atoms with Gasteiger partial charge in [-0.3, -0.25) is 19.6 Å². The highest BCUT2D eigenvalue weighted by Gasteiger charge is 2.21. The molecule has 0 spiro atoms. The van der Waals surface area contributed by atoms with E-state index < -0.39 is 4.92 Å². The second-order valence-corrected chi connectivity index (χ2v) is 6.74. The number of nitrogens with zero attached hydrogens (tertiary/aromatic N) is 3. The van der Waals surface area contributed by atoms with Crippen molar-refractivity contribution in [1.29, 1.82) is 0 Å². The smallest absolute Gasteiger partial charge is 0.312 e. The molecule has 0 unspecified atom stereocenters. The summed E-state index contributed by atoms with van der Waals surface area (Å²) in [5.74, 6) is -0.148. The third kappa shape index (κ3) is 4.09. The van der Waals surface area contributed by atoms with Crippen LogP contribution < -0.4 is 5.32 Å². The Morgan fingerprint density at radius 2 is 1.79 bits per heavy atom. The summed E-state index contributed by atoms with van der Waals surface area (Å²) in [4.78, 5) is 23.2. The highest BCUT2D eigenvalue weighted by atomic mass is 16.6. The first kappa shape index (κ1) is 19.3. The van der Waals surface area contributed by atoms with Crippen molar-refractivity contribution in [1.82, 2.24) is 15.1 Å². The van der Waals surface area contributed by atoms with Gasteiger partial charge < -0.3 is 5.32 Å². The molecule has 1 aromatic heterocycles. The standard InChI is InChI=1S/C21H22N4O3/c1-14(18-7-5-4-6-8-18)22-21(26)19-11-9-17(10-12-19)13-24-16(3)20(25(27)28)15(2)23-24/h4-12,14H,13H2,1-3H3,(H,22,26)/t14-/m1/s1. The molecule has 1 amide bonds. The van der Waals surface area contributed by atoms with E-state index in [4.69, 9.17) is 0 Å². The maximum atomic E-state index is 12.5. The van der Waals surface area contributed by atoms with Crippen molar-refractivity contribution >= 4 is 11.6 Å². The number of carbonyl (C=O) groups is 1. The Labute approximate surface area is 163 Å². The van der Waals surface area contributed by atoms with Crippen LogP contribution in [0, 0.1) is 24.0 Å². The van der Waals surface area contributed by atoms with Crippen LogP contribution in [0.25, 0.3) is 0 Å². The average molecular weight is 378 g/mol. The lowest BCUT2D eigenvalue weighted by molar-refractivity contribution is -0.386. The van der Waals surface area contributed by atoms with E-state index in [1.807, 2.05) is 49.4 Å². The molecule has 0 radical (unpaired) electrons. The predicted molar refractivity (Wildman–Crippen MR) is 106 cm³/mol. The molecule has 0 aliphatic heterocycles. The molecule has 144 valence electrons. The van der Waals surface area contributed by atoms with Gasteiger partial charge in [-0.2, -0.15) is 5.10 Å². The van der Waals surface area contributed by atoms with E-state index in [2.05, 4.69) is 10.4 Å². The van der Waals surface area contributed by atoms with Gasteiger partial charge in [-0.05, 0) is 44.0 Å². The lowest BCUT2D eigenvalue weighted by Crippen LogP contribution is -2.26. The number of rotatable bonds is 6. The zero-order valence-corrected chi connectivity index (χ0v) is 16.0. The lowest BCUT2D eigenvalue weighted by atomic mass is 10.1. The van der Waals surface area contributed by atoms with Gasteiger partial charge in [0.2, 0.25) is 0 Å². The minimum Gasteiger partial charge on any atom is -0.346 e. The number of hydrogen-bond acceptors (Lipinski definition) is 4. The van der Waals surface area contributed by atoms with Gasteiger partial charge in [0, 0.05) is 5.56 Å². The number of amides is 1. The maximum Gasteiger partial charge on any atom is 0.312 e. The predicted octanol–water partition coefficient (Wildman–Crippen LogP) is 3.95. The summed E-state index contributed by atoms with van der Waals surface area (Å²) in [6, 6.07) is 16.9. The Kier molecular flexibility index (Phi) is 5.54. The molecular formula is C21H22N4O3. The van der Waals surface area contributed by atoms with E-state index in [0.29, 0.717) is 23.5 Å². The largest absolute Gasteiger partial charge is 0.346 e. The fourth-order valence-corrected chi connectivity index (χ4v) is 3.15. The average Bonchev–Trinajstić information content (AvgIpc) is 2.96. The van der Waals surface area contributed by atoms with Gasteiger partial charge in [-0.1, -0.05) is 42.5 Å². The normalized spacial score (nSPS) is 11.8. The molecule has 0 bridgehead atoms. The topological polar surface area (TPSA) is 90.1 Å². The fraction of sp³-hybridized carbons (Fsp3) is 0.238. The monoisotopic (exact) mass is 378 g/mol. The Morgan fingerprint density at radius 3 is 2.36 bits per heavy atom. The molecule has 7 nitrogen and oxygen atoms in total. The Bertz CT molecular complexity index is 994. The number of nitro groups is 1. The zero-order valence-electron chi connectivity index (χ0n) is 16.0. The molecule has 0 aliphatic rings. The highest BCUT2D eigenvalue weighted by molar-refractivity contribution is 5.94. The van der Waals surface area contributed by atoms with E-state index >= 15 is 0 Å². The van der Waals surface area contributed by atoms with E-state index in [1.165, 1.54) is 0 Å². The molecule has 7 heteroatoms. The SMILES string of the molecule is Cc1nn(Cc2ccc(C(=O)N[C@H](C)c3ccccc3)cc2)c(C)c1[N+](=O)[O-]. The summed E-state index contributed by atoms with van der Waals surface area (Å²) in [6.45, 7) is 5.66. The summed E-state index contributed by atoms with van der Waals surface area (Å²) < 4.78 is 1.61. The molecule has 3 rings (SSSR count). The number of nitrogens with one attached hydrogen (secondary N) is 1. The van der Waals surface area contributed by atoms with Crippen molar-refractivity contribution in [3.63, 3.8) is 0 Å². The van der Waals surface area contributed by atoms with Crippen LogP contribution in [0.5, 0.6) is 0 Å². The lowest BCUT2D eigenvalue weighted by Gasteiger charge is -2.14. The van der Waals surface area contributed by atoms with Crippen LogP contribution in [0.1, 0.15) is 45.8 Å². The molecule has 0 saturated carbocycles. The molecule has 0 aliphatic carbocycles. The van der Waals surface area contributed by atoms with Crippen molar-refractivity contribution in [2.24, 2.45) is 0 Å². The van der Waals surface area contributed by atoms with Gasteiger partial charge >= 0.3 is 5.69 Å². The highest BCUT2D eigenvalue weighted by Crippen LogP contribution is 2.22. The molecule has 1 atom stereocenters. The summed E-state index contributed by atoms with van der Waals surface area (Å²) in [5.41, 5.74) is 3.47. The van der Waals surface area contributed by atoms with E-state index in [1.54, 1.807) is 30.7 Å². The second kappa shape index (κ2) is 8.04. The van der Waals surface area contributed by atoms with Gasteiger partial charge in [0.1, 0.15) is 11.4 Å². The number of hydrogen-bond donors (Lipinski definition) is 1. The summed E-state index contributed by atoms with van der Waals surface area (Å²) in [6.07, 6.45) is 0. The summed E-state index contributed by atoms with van der Waals surface area (Å²) in [7, 11) is 0. The second-order valence-electron chi connectivity index (χ2n) is 6.74. The van der Waals surface area contributed by atoms with Gasteiger partial charge in [0.05, 0.1) is 17.5 Å². The molecule has 0 saturated heterocycles. The van der Waals surface area contributed by atoms with Gasteiger partial charge in [0.25, 0.3) is 5.91 Å². The van der Waals surface area contributed by atoms with E-state index in [9.17, 15) is 14.9 Å². The van der Waals surface area contributed by atoms with Crippen LogP contribution in [-0.2, 0) is 6.54 Å². The molecule has 2 aromatic carbocycles. The molecule has 28 heavy (non-hydrogen) atoms. The number of benzene rings is 2. The number of aryl methyl sites for hydroxylation is 1. The van der Waals surface area contributed by atoms with E-state index in [0.717, 1.165) is 11.1 Å². The summed E-state index contributed by atoms with van der Waals surface area (Å²) in [5, 5.41) is 18.4. The number of carbonyl (C=O) groups excluding carboxylic acids is 1.